The van der Waals surface area contributed by atoms with Crippen LogP contribution in [-0.4, -0.2) is 13.1 Å². The van der Waals surface area contributed by atoms with Crippen LogP contribution in [0.4, 0.5) is 5.69 Å². The van der Waals surface area contributed by atoms with Crippen molar-refractivity contribution in [1.82, 2.24) is 0 Å². The first-order valence-corrected chi connectivity index (χ1v) is 7.39. The van der Waals surface area contributed by atoms with Gasteiger partial charge in [-0.05, 0) is 42.5 Å². The first kappa shape index (κ1) is 13.2. The summed E-state index contributed by atoms with van der Waals surface area (Å²) in [6.45, 7) is 4.14. The molecule has 104 valence electrons. The summed E-state index contributed by atoms with van der Waals surface area (Å²) in [5.41, 5.74) is 11.8. The molecule has 3 rings (SSSR count). The van der Waals surface area contributed by atoms with Gasteiger partial charge in [-0.2, -0.15) is 0 Å². The quantitative estimate of drug-likeness (QED) is 0.922. The van der Waals surface area contributed by atoms with Crippen molar-refractivity contribution >= 4 is 5.69 Å². The van der Waals surface area contributed by atoms with Crippen molar-refractivity contribution in [3.8, 4) is 0 Å². The lowest BCUT2D eigenvalue weighted by molar-refractivity contribution is 0.623. The van der Waals surface area contributed by atoms with Gasteiger partial charge in [-0.25, -0.2) is 0 Å². The predicted octanol–water partition coefficient (Wildman–Crippen LogP) is 3.45. The Morgan fingerprint density at radius 3 is 2.70 bits per heavy atom. The minimum atomic E-state index is 0.0716. The molecule has 1 aliphatic heterocycles. The van der Waals surface area contributed by atoms with Crippen molar-refractivity contribution < 1.29 is 0 Å². The topological polar surface area (TPSA) is 29.3 Å². The van der Waals surface area contributed by atoms with E-state index in [1.165, 1.54) is 35.2 Å². The number of nitrogens with zero attached hydrogens (tertiary/aromatic N) is 1. The van der Waals surface area contributed by atoms with Crippen LogP contribution in [0.5, 0.6) is 0 Å². The molecule has 2 N–H and O–H groups in total. The average molecular weight is 266 g/mol. The van der Waals surface area contributed by atoms with Crippen LogP contribution >= 0.6 is 0 Å². The van der Waals surface area contributed by atoms with Gasteiger partial charge in [-0.3, -0.25) is 0 Å². The molecule has 2 aromatic rings. The zero-order chi connectivity index (χ0) is 13.9. The van der Waals surface area contributed by atoms with Gasteiger partial charge in [0, 0.05) is 24.8 Å². The van der Waals surface area contributed by atoms with Crippen LogP contribution in [0.2, 0.25) is 0 Å². The highest BCUT2D eigenvalue weighted by molar-refractivity contribution is 5.55. The molecule has 0 saturated heterocycles. The minimum absolute atomic E-state index is 0.0716. The van der Waals surface area contributed by atoms with Gasteiger partial charge < -0.3 is 10.6 Å². The lowest BCUT2D eigenvalue weighted by Gasteiger charge is -2.33. The molecule has 0 amide bonds. The van der Waals surface area contributed by atoms with Crippen LogP contribution in [0.1, 0.15) is 29.2 Å². The molecule has 2 nitrogen and oxygen atoms in total. The average Bonchev–Trinajstić information content (AvgIpc) is 2.48. The number of fused-ring (bicyclic) bond motifs is 1. The molecule has 1 atom stereocenters. The number of benzene rings is 2. The summed E-state index contributed by atoms with van der Waals surface area (Å²) in [4.78, 5) is 2.44. The maximum Gasteiger partial charge on any atom is 0.0475 e. The second kappa shape index (κ2) is 5.68. The molecule has 0 fully saturated rings. The summed E-state index contributed by atoms with van der Waals surface area (Å²) >= 11 is 0. The molecule has 0 aliphatic carbocycles. The normalized spacial score (nSPS) is 15.8. The highest BCUT2D eigenvalue weighted by Gasteiger charge is 2.19. The third-order valence-corrected chi connectivity index (χ3v) is 4.21. The molecule has 1 heterocycles. The Hall–Kier alpha value is -1.80. The van der Waals surface area contributed by atoms with E-state index in [4.69, 9.17) is 5.73 Å². The first-order chi connectivity index (χ1) is 9.75. The predicted molar refractivity (Wildman–Crippen MR) is 85.1 cm³/mol. The van der Waals surface area contributed by atoms with E-state index in [0.29, 0.717) is 0 Å². The zero-order valence-corrected chi connectivity index (χ0v) is 12.0. The summed E-state index contributed by atoms with van der Waals surface area (Å²) in [7, 11) is 0. The number of hydrogen-bond donors (Lipinski definition) is 1. The van der Waals surface area contributed by atoms with E-state index < -0.39 is 0 Å². The first-order valence-electron chi connectivity index (χ1n) is 7.39. The van der Waals surface area contributed by atoms with Crippen LogP contribution in [0.15, 0.2) is 48.5 Å². The largest absolute Gasteiger partial charge is 0.369 e. The molecule has 0 spiro atoms. The summed E-state index contributed by atoms with van der Waals surface area (Å²) < 4.78 is 0. The number of nitrogens with two attached hydrogens (primary N) is 1. The van der Waals surface area contributed by atoms with Gasteiger partial charge in [-0.15, -0.1) is 0 Å². The molecule has 1 aliphatic rings. The summed E-state index contributed by atoms with van der Waals surface area (Å²) in [6.07, 6.45) is 2.41. The van der Waals surface area contributed by atoms with E-state index in [1.807, 2.05) is 0 Å². The fraction of sp³-hybridized carbons (Fsp3) is 0.333. The lowest BCUT2D eigenvalue weighted by atomic mass is 9.98. The van der Waals surface area contributed by atoms with Crippen molar-refractivity contribution in [2.45, 2.75) is 25.8 Å². The molecule has 0 radical (unpaired) electrons. The Morgan fingerprint density at radius 1 is 1.10 bits per heavy atom. The van der Waals surface area contributed by atoms with Crippen molar-refractivity contribution in [1.29, 1.82) is 0 Å². The molecule has 20 heavy (non-hydrogen) atoms. The minimum Gasteiger partial charge on any atom is -0.369 e. The van der Waals surface area contributed by atoms with E-state index in [0.717, 1.165) is 13.1 Å². The second-order valence-electron chi connectivity index (χ2n) is 5.64. The highest BCUT2D eigenvalue weighted by Crippen LogP contribution is 2.28. The fourth-order valence-corrected chi connectivity index (χ4v) is 3.14. The number of para-hydroxylation sites is 1. The smallest absolute Gasteiger partial charge is 0.0475 e. The van der Waals surface area contributed by atoms with Crippen LogP contribution in [0, 0.1) is 6.92 Å². The second-order valence-corrected chi connectivity index (χ2v) is 5.64. The van der Waals surface area contributed by atoms with Gasteiger partial charge in [0.05, 0.1) is 0 Å². The zero-order valence-electron chi connectivity index (χ0n) is 12.0. The number of anilines is 1. The number of hydrogen-bond acceptors (Lipinski definition) is 2. The van der Waals surface area contributed by atoms with E-state index in [-0.39, 0.29) is 6.04 Å². The van der Waals surface area contributed by atoms with Crippen molar-refractivity contribution in [2.24, 2.45) is 5.73 Å². The van der Waals surface area contributed by atoms with Crippen LogP contribution in [0.25, 0.3) is 0 Å². The van der Waals surface area contributed by atoms with Crippen molar-refractivity contribution in [3.63, 3.8) is 0 Å². The van der Waals surface area contributed by atoms with Gasteiger partial charge in [0.15, 0.2) is 0 Å². The molecule has 0 aromatic heterocycles. The summed E-state index contributed by atoms with van der Waals surface area (Å²) in [6, 6.07) is 17.2. The molecule has 0 saturated carbocycles. The maximum atomic E-state index is 6.44. The SMILES string of the molecule is Cc1ccccc1C(N)CN1CCCc2ccccc21. The Morgan fingerprint density at radius 2 is 1.85 bits per heavy atom. The van der Waals surface area contributed by atoms with Gasteiger partial charge in [0.1, 0.15) is 0 Å². The number of aryl methyl sites for hydroxylation is 2. The lowest BCUT2D eigenvalue weighted by Crippen LogP contribution is -2.36. The van der Waals surface area contributed by atoms with Gasteiger partial charge in [0.2, 0.25) is 0 Å². The third kappa shape index (κ3) is 2.56. The summed E-state index contributed by atoms with van der Waals surface area (Å²) in [5.74, 6) is 0. The Bertz CT molecular complexity index is 591. The molecule has 1 unspecified atom stereocenters. The summed E-state index contributed by atoms with van der Waals surface area (Å²) in [5, 5.41) is 0. The third-order valence-electron chi connectivity index (χ3n) is 4.21. The van der Waals surface area contributed by atoms with Crippen LogP contribution in [-0.2, 0) is 6.42 Å². The van der Waals surface area contributed by atoms with E-state index >= 15 is 0 Å². The monoisotopic (exact) mass is 266 g/mol. The Balaban J connectivity index is 1.81. The van der Waals surface area contributed by atoms with E-state index in [1.54, 1.807) is 0 Å². The van der Waals surface area contributed by atoms with E-state index in [2.05, 4.69) is 60.4 Å². The van der Waals surface area contributed by atoms with Gasteiger partial charge in [0.25, 0.3) is 0 Å². The Labute approximate surface area is 121 Å². The molecule has 0 bridgehead atoms. The van der Waals surface area contributed by atoms with E-state index in [9.17, 15) is 0 Å². The molecule has 2 heteroatoms. The standard InChI is InChI=1S/C18H22N2/c1-14-7-2-4-10-16(14)17(19)13-20-12-6-9-15-8-3-5-11-18(15)20/h2-5,7-8,10-11,17H,6,9,12-13,19H2,1H3. The van der Waals surface area contributed by atoms with Crippen LogP contribution in [0.3, 0.4) is 0 Å². The fourth-order valence-electron chi connectivity index (χ4n) is 3.14. The highest BCUT2D eigenvalue weighted by atomic mass is 15.1. The Kier molecular flexibility index (Phi) is 3.75. The maximum absolute atomic E-state index is 6.44. The van der Waals surface area contributed by atoms with Crippen molar-refractivity contribution in [2.75, 3.05) is 18.0 Å². The van der Waals surface area contributed by atoms with Gasteiger partial charge >= 0.3 is 0 Å². The number of rotatable bonds is 3. The van der Waals surface area contributed by atoms with Gasteiger partial charge in [-0.1, -0.05) is 42.5 Å². The molecule has 2 aromatic carbocycles. The molecular weight excluding hydrogens is 244 g/mol. The van der Waals surface area contributed by atoms with Crippen molar-refractivity contribution in [3.05, 3.63) is 65.2 Å². The van der Waals surface area contributed by atoms with Crippen LogP contribution < -0.4 is 10.6 Å². The molecular formula is C18H22N2.